The van der Waals surface area contributed by atoms with E-state index >= 15 is 0 Å². The van der Waals surface area contributed by atoms with Gasteiger partial charge in [0.15, 0.2) is 5.76 Å². The van der Waals surface area contributed by atoms with E-state index in [9.17, 15) is 4.79 Å². The summed E-state index contributed by atoms with van der Waals surface area (Å²) in [6.45, 7) is 7.96. The van der Waals surface area contributed by atoms with Gasteiger partial charge in [0.1, 0.15) is 5.82 Å². The lowest BCUT2D eigenvalue weighted by Gasteiger charge is -2.29. The lowest BCUT2D eigenvalue weighted by molar-refractivity contribution is 0.0314. The van der Waals surface area contributed by atoms with Gasteiger partial charge in [0.2, 0.25) is 0 Å². The number of rotatable bonds is 8. The molecule has 0 bridgehead atoms. The average molecular weight is 409 g/mol. The molecule has 3 aromatic rings. The predicted octanol–water partition coefficient (Wildman–Crippen LogP) is 2.81. The molecular weight excluding hydrogens is 380 g/mol. The molecule has 1 aliphatic rings. The van der Waals surface area contributed by atoms with Gasteiger partial charge < -0.3 is 18.6 Å². The Balaban J connectivity index is 1.49. The Kier molecular flexibility index (Phi) is 6.61. The fourth-order valence-corrected chi connectivity index (χ4v) is 3.67. The largest absolute Gasteiger partial charge is 0.459 e. The highest BCUT2D eigenvalue weighted by Gasteiger charge is 2.22. The van der Waals surface area contributed by atoms with Gasteiger partial charge in [-0.1, -0.05) is 24.3 Å². The molecule has 2 aromatic heterocycles. The number of amides is 1. The van der Waals surface area contributed by atoms with Gasteiger partial charge in [-0.05, 0) is 30.2 Å². The predicted molar refractivity (Wildman–Crippen MR) is 113 cm³/mol. The van der Waals surface area contributed by atoms with Gasteiger partial charge in [0.25, 0.3) is 5.91 Å². The van der Waals surface area contributed by atoms with Crippen molar-refractivity contribution in [3.8, 4) is 0 Å². The van der Waals surface area contributed by atoms with E-state index in [1.807, 2.05) is 23.2 Å². The third-order valence-corrected chi connectivity index (χ3v) is 5.54. The SMILES string of the molecule is Cc1ccccc1Cn1ccnc1CN(CCN1CCOCC1)C(=O)c1ccco1. The molecule has 1 aromatic carbocycles. The topological polar surface area (TPSA) is 63.7 Å². The van der Waals surface area contributed by atoms with E-state index in [4.69, 9.17) is 9.15 Å². The second-order valence-corrected chi connectivity index (χ2v) is 7.56. The number of hydrogen-bond donors (Lipinski definition) is 0. The van der Waals surface area contributed by atoms with Crippen LogP contribution >= 0.6 is 0 Å². The number of carbonyl (C=O) groups is 1. The highest BCUT2D eigenvalue weighted by atomic mass is 16.5. The van der Waals surface area contributed by atoms with Crippen LogP contribution < -0.4 is 0 Å². The first kappa shape index (κ1) is 20.4. The summed E-state index contributed by atoms with van der Waals surface area (Å²) >= 11 is 0. The van der Waals surface area contributed by atoms with E-state index in [0.29, 0.717) is 18.8 Å². The Morgan fingerprint density at radius 1 is 1.17 bits per heavy atom. The Bertz CT molecular complexity index is 945. The first-order valence-electron chi connectivity index (χ1n) is 10.4. The van der Waals surface area contributed by atoms with Crippen LogP contribution in [0.5, 0.6) is 0 Å². The Morgan fingerprint density at radius 3 is 2.77 bits per heavy atom. The molecular formula is C23H28N4O3. The quantitative estimate of drug-likeness (QED) is 0.574. The van der Waals surface area contributed by atoms with Crippen LogP contribution in [0.3, 0.4) is 0 Å². The van der Waals surface area contributed by atoms with Crippen molar-refractivity contribution in [3.05, 3.63) is 77.8 Å². The van der Waals surface area contributed by atoms with Crippen molar-refractivity contribution in [2.75, 3.05) is 39.4 Å². The highest BCUT2D eigenvalue weighted by molar-refractivity contribution is 5.91. The summed E-state index contributed by atoms with van der Waals surface area (Å²) in [6, 6.07) is 11.8. The molecule has 0 atom stereocenters. The molecule has 0 saturated carbocycles. The molecule has 0 radical (unpaired) electrons. The molecule has 1 aliphatic heterocycles. The monoisotopic (exact) mass is 408 g/mol. The molecule has 1 fully saturated rings. The summed E-state index contributed by atoms with van der Waals surface area (Å²) in [5.41, 5.74) is 2.49. The van der Waals surface area contributed by atoms with Gasteiger partial charge in [-0.2, -0.15) is 0 Å². The van der Waals surface area contributed by atoms with Crippen molar-refractivity contribution < 1.29 is 13.9 Å². The Hall–Kier alpha value is -2.90. The lowest BCUT2D eigenvalue weighted by atomic mass is 10.1. The number of benzene rings is 1. The van der Waals surface area contributed by atoms with Crippen molar-refractivity contribution in [1.29, 1.82) is 0 Å². The van der Waals surface area contributed by atoms with Crippen molar-refractivity contribution in [3.63, 3.8) is 0 Å². The van der Waals surface area contributed by atoms with Gasteiger partial charge in [0, 0.05) is 45.1 Å². The minimum atomic E-state index is -0.112. The van der Waals surface area contributed by atoms with Gasteiger partial charge in [-0.15, -0.1) is 0 Å². The number of imidazole rings is 1. The summed E-state index contributed by atoms with van der Waals surface area (Å²) in [4.78, 5) is 21.8. The molecule has 1 saturated heterocycles. The molecule has 1 amide bonds. The third-order valence-electron chi connectivity index (χ3n) is 5.54. The van der Waals surface area contributed by atoms with Gasteiger partial charge in [-0.25, -0.2) is 4.98 Å². The van der Waals surface area contributed by atoms with E-state index in [0.717, 1.165) is 45.2 Å². The molecule has 0 spiro atoms. The Labute approximate surface area is 176 Å². The molecule has 0 aliphatic carbocycles. The first-order valence-corrected chi connectivity index (χ1v) is 10.4. The molecule has 4 rings (SSSR count). The van der Waals surface area contributed by atoms with Crippen LogP contribution in [0.15, 0.2) is 59.5 Å². The second kappa shape index (κ2) is 9.73. The zero-order valence-corrected chi connectivity index (χ0v) is 17.4. The maximum Gasteiger partial charge on any atom is 0.289 e. The fraction of sp³-hybridized carbons (Fsp3) is 0.391. The highest BCUT2D eigenvalue weighted by Crippen LogP contribution is 2.14. The van der Waals surface area contributed by atoms with Crippen LogP contribution in [0.2, 0.25) is 0 Å². The second-order valence-electron chi connectivity index (χ2n) is 7.56. The summed E-state index contributed by atoms with van der Waals surface area (Å²) in [5, 5.41) is 0. The number of carbonyl (C=O) groups excluding carboxylic acids is 1. The van der Waals surface area contributed by atoms with E-state index in [1.54, 1.807) is 18.3 Å². The molecule has 7 nitrogen and oxygen atoms in total. The van der Waals surface area contributed by atoms with Crippen molar-refractivity contribution in [1.82, 2.24) is 19.4 Å². The summed E-state index contributed by atoms with van der Waals surface area (Å²) in [7, 11) is 0. The summed E-state index contributed by atoms with van der Waals surface area (Å²) in [5.74, 6) is 1.10. The normalized spacial score (nSPS) is 14.7. The van der Waals surface area contributed by atoms with Crippen LogP contribution in [-0.4, -0.2) is 64.7 Å². The maximum absolute atomic E-state index is 13.1. The third kappa shape index (κ3) is 4.98. The standard InChI is InChI=1S/C23H28N4O3/c1-19-5-2-3-6-20(19)17-26-9-8-24-22(26)18-27(23(28)21-7-4-14-30-21)11-10-25-12-15-29-16-13-25/h2-9,14H,10-13,15-18H2,1H3. The van der Waals surface area contributed by atoms with Gasteiger partial charge in [-0.3, -0.25) is 9.69 Å². The lowest BCUT2D eigenvalue weighted by Crippen LogP contribution is -2.43. The molecule has 158 valence electrons. The maximum atomic E-state index is 13.1. The van der Waals surface area contributed by atoms with Gasteiger partial charge in [0.05, 0.1) is 26.0 Å². The molecule has 0 unspecified atom stereocenters. The van der Waals surface area contributed by atoms with E-state index in [2.05, 4.69) is 33.5 Å². The smallest absolute Gasteiger partial charge is 0.289 e. The molecule has 3 heterocycles. The summed E-state index contributed by atoms with van der Waals surface area (Å²) in [6.07, 6.45) is 5.30. The number of ether oxygens (including phenoxy) is 1. The number of hydrogen-bond acceptors (Lipinski definition) is 5. The molecule has 30 heavy (non-hydrogen) atoms. The van der Waals surface area contributed by atoms with Crippen LogP contribution in [0, 0.1) is 6.92 Å². The minimum absolute atomic E-state index is 0.112. The number of aryl methyl sites for hydroxylation is 1. The number of morpholine rings is 1. The van der Waals surface area contributed by atoms with E-state index in [1.165, 1.54) is 17.4 Å². The van der Waals surface area contributed by atoms with Crippen LogP contribution in [-0.2, 0) is 17.8 Å². The average Bonchev–Trinajstić information content (AvgIpc) is 3.45. The van der Waals surface area contributed by atoms with Crippen LogP contribution in [0.1, 0.15) is 27.5 Å². The van der Waals surface area contributed by atoms with Crippen molar-refractivity contribution in [2.45, 2.75) is 20.0 Å². The zero-order chi connectivity index (χ0) is 20.8. The number of nitrogens with zero attached hydrogens (tertiary/aromatic N) is 4. The van der Waals surface area contributed by atoms with Crippen LogP contribution in [0.25, 0.3) is 0 Å². The fourth-order valence-electron chi connectivity index (χ4n) is 3.67. The van der Waals surface area contributed by atoms with Crippen molar-refractivity contribution in [2.24, 2.45) is 0 Å². The van der Waals surface area contributed by atoms with E-state index < -0.39 is 0 Å². The Morgan fingerprint density at radius 2 is 2.00 bits per heavy atom. The minimum Gasteiger partial charge on any atom is -0.459 e. The number of furan rings is 1. The van der Waals surface area contributed by atoms with E-state index in [-0.39, 0.29) is 5.91 Å². The molecule has 0 N–H and O–H groups in total. The molecule has 7 heteroatoms. The zero-order valence-electron chi connectivity index (χ0n) is 17.4. The first-order chi connectivity index (χ1) is 14.7. The van der Waals surface area contributed by atoms with Crippen LogP contribution in [0.4, 0.5) is 0 Å². The van der Waals surface area contributed by atoms with Gasteiger partial charge >= 0.3 is 0 Å². The van der Waals surface area contributed by atoms with Crippen molar-refractivity contribution >= 4 is 5.91 Å². The number of aromatic nitrogens is 2. The summed E-state index contributed by atoms with van der Waals surface area (Å²) < 4.78 is 12.9.